The molecule has 2 aliphatic rings. The molecule has 1 aliphatic heterocycles. The highest BCUT2D eigenvalue weighted by atomic mass is 19.3. The summed E-state index contributed by atoms with van der Waals surface area (Å²) >= 11 is 0. The molecule has 0 amide bonds. The Kier molecular flexibility index (Phi) is 4.08. The van der Waals surface area contributed by atoms with Crippen LogP contribution in [-0.4, -0.2) is 35.0 Å². The van der Waals surface area contributed by atoms with Crippen LogP contribution in [0.1, 0.15) is 44.3 Å². The SMILES string of the molecule is Cc1cccn1C(C)C1CCC(CN2CC(F)(F)C2)CC1. The van der Waals surface area contributed by atoms with E-state index in [1.165, 1.54) is 31.4 Å². The zero-order valence-corrected chi connectivity index (χ0v) is 13.1. The molecule has 0 radical (unpaired) electrons. The van der Waals surface area contributed by atoms with Crippen LogP contribution in [-0.2, 0) is 0 Å². The maximum absolute atomic E-state index is 12.9. The van der Waals surface area contributed by atoms with Crippen molar-refractivity contribution in [1.82, 2.24) is 9.47 Å². The molecule has 1 unspecified atom stereocenters. The number of alkyl halides is 2. The maximum Gasteiger partial charge on any atom is 0.272 e. The van der Waals surface area contributed by atoms with Crippen LogP contribution >= 0.6 is 0 Å². The van der Waals surface area contributed by atoms with Crippen LogP contribution in [0.25, 0.3) is 0 Å². The number of nitrogens with zero attached hydrogens (tertiary/aromatic N) is 2. The summed E-state index contributed by atoms with van der Waals surface area (Å²) in [5.41, 5.74) is 1.33. The third kappa shape index (κ3) is 3.31. The predicted octanol–water partition coefficient (Wildman–Crippen LogP) is 4.11. The van der Waals surface area contributed by atoms with E-state index in [-0.39, 0.29) is 13.1 Å². The van der Waals surface area contributed by atoms with Crippen molar-refractivity contribution in [3.63, 3.8) is 0 Å². The summed E-state index contributed by atoms with van der Waals surface area (Å²) in [6.07, 6.45) is 7.02. The quantitative estimate of drug-likeness (QED) is 0.811. The summed E-state index contributed by atoms with van der Waals surface area (Å²) in [7, 11) is 0. The van der Waals surface area contributed by atoms with E-state index in [1.54, 1.807) is 0 Å². The Bertz CT molecular complexity index is 467. The van der Waals surface area contributed by atoms with Crippen LogP contribution in [0.15, 0.2) is 18.3 Å². The molecule has 2 fully saturated rings. The molecule has 0 N–H and O–H groups in total. The lowest BCUT2D eigenvalue weighted by atomic mass is 9.78. The smallest absolute Gasteiger partial charge is 0.272 e. The highest BCUT2D eigenvalue weighted by Gasteiger charge is 2.44. The lowest BCUT2D eigenvalue weighted by Gasteiger charge is -2.42. The molecule has 1 saturated heterocycles. The average Bonchev–Trinajstić information content (AvgIpc) is 2.83. The molecule has 1 atom stereocenters. The Labute approximate surface area is 126 Å². The molecule has 1 aromatic heterocycles. The third-order valence-corrected chi connectivity index (χ3v) is 5.43. The molecule has 0 bridgehead atoms. The predicted molar refractivity (Wildman–Crippen MR) is 80.7 cm³/mol. The van der Waals surface area contributed by atoms with E-state index in [4.69, 9.17) is 0 Å². The molecule has 0 spiro atoms. The minimum Gasteiger partial charge on any atom is -0.349 e. The van der Waals surface area contributed by atoms with E-state index in [1.807, 2.05) is 4.90 Å². The third-order valence-electron chi connectivity index (χ3n) is 5.43. The molecule has 4 heteroatoms. The van der Waals surface area contributed by atoms with E-state index in [2.05, 4.69) is 36.7 Å². The van der Waals surface area contributed by atoms with Gasteiger partial charge in [0.05, 0.1) is 13.1 Å². The van der Waals surface area contributed by atoms with Gasteiger partial charge in [0.25, 0.3) is 5.92 Å². The summed E-state index contributed by atoms with van der Waals surface area (Å²) < 4.78 is 28.1. The van der Waals surface area contributed by atoms with Crippen LogP contribution in [0.4, 0.5) is 8.78 Å². The molecular formula is C17H26F2N2. The first-order valence-electron chi connectivity index (χ1n) is 8.18. The monoisotopic (exact) mass is 296 g/mol. The Hall–Kier alpha value is -0.900. The normalized spacial score (nSPS) is 30.9. The van der Waals surface area contributed by atoms with Gasteiger partial charge < -0.3 is 4.57 Å². The second-order valence-electron chi connectivity index (χ2n) is 7.10. The first-order chi connectivity index (χ1) is 9.94. The molecule has 1 aliphatic carbocycles. The zero-order valence-electron chi connectivity index (χ0n) is 13.1. The summed E-state index contributed by atoms with van der Waals surface area (Å²) in [5, 5.41) is 0. The van der Waals surface area contributed by atoms with Crippen LogP contribution in [0, 0.1) is 18.8 Å². The molecule has 2 nitrogen and oxygen atoms in total. The van der Waals surface area contributed by atoms with Crippen molar-refractivity contribution in [2.75, 3.05) is 19.6 Å². The number of hydrogen-bond acceptors (Lipinski definition) is 1. The highest BCUT2D eigenvalue weighted by molar-refractivity contribution is 5.06. The molecule has 21 heavy (non-hydrogen) atoms. The minimum absolute atomic E-state index is 0.0219. The van der Waals surface area contributed by atoms with Gasteiger partial charge in [-0.3, -0.25) is 4.90 Å². The molecule has 1 saturated carbocycles. The Morgan fingerprint density at radius 3 is 2.43 bits per heavy atom. The summed E-state index contributed by atoms with van der Waals surface area (Å²) in [4.78, 5) is 1.92. The van der Waals surface area contributed by atoms with Crippen molar-refractivity contribution in [1.29, 1.82) is 0 Å². The fraction of sp³-hybridized carbons (Fsp3) is 0.765. The van der Waals surface area contributed by atoms with Gasteiger partial charge in [0.1, 0.15) is 0 Å². The van der Waals surface area contributed by atoms with Gasteiger partial charge in [-0.25, -0.2) is 8.78 Å². The Morgan fingerprint density at radius 2 is 1.90 bits per heavy atom. The standard InChI is InChI=1S/C17H26F2N2/c1-13-4-3-9-21(13)14(2)16-7-5-15(6-8-16)10-20-11-17(18,19)12-20/h3-4,9,14-16H,5-8,10-12H2,1-2H3. The highest BCUT2D eigenvalue weighted by Crippen LogP contribution is 2.37. The van der Waals surface area contributed by atoms with E-state index >= 15 is 0 Å². The molecular weight excluding hydrogens is 270 g/mol. The number of rotatable bonds is 4. The van der Waals surface area contributed by atoms with Crippen molar-refractivity contribution >= 4 is 0 Å². The fourth-order valence-corrected chi connectivity index (χ4v) is 4.12. The van der Waals surface area contributed by atoms with Gasteiger partial charge >= 0.3 is 0 Å². The second kappa shape index (κ2) is 5.71. The second-order valence-corrected chi connectivity index (χ2v) is 7.10. The Balaban J connectivity index is 1.46. The van der Waals surface area contributed by atoms with Crippen LogP contribution in [0.2, 0.25) is 0 Å². The summed E-state index contributed by atoms with van der Waals surface area (Å²) in [6.45, 7) is 5.30. The topological polar surface area (TPSA) is 8.17 Å². The maximum atomic E-state index is 12.9. The number of likely N-dealkylation sites (tertiary alicyclic amines) is 1. The van der Waals surface area contributed by atoms with E-state index < -0.39 is 5.92 Å². The first-order valence-corrected chi connectivity index (χ1v) is 8.18. The van der Waals surface area contributed by atoms with Gasteiger partial charge in [0, 0.05) is 24.5 Å². The Morgan fingerprint density at radius 1 is 1.24 bits per heavy atom. The van der Waals surface area contributed by atoms with Crippen LogP contribution in [0.5, 0.6) is 0 Å². The van der Waals surface area contributed by atoms with Gasteiger partial charge in [-0.15, -0.1) is 0 Å². The van der Waals surface area contributed by atoms with Crippen molar-refractivity contribution in [2.24, 2.45) is 11.8 Å². The van der Waals surface area contributed by atoms with E-state index in [9.17, 15) is 8.78 Å². The van der Waals surface area contributed by atoms with Crippen LogP contribution in [0.3, 0.4) is 0 Å². The van der Waals surface area contributed by atoms with Gasteiger partial charge in [0.2, 0.25) is 0 Å². The summed E-state index contributed by atoms with van der Waals surface area (Å²) in [5.74, 6) is -1.07. The van der Waals surface area contributed by atoms with Crippen molar-refractivity contribution in [3.8, 4) is 0 Å². The number of aryl methyl sites for hydroxylation is 1. The zero-order chi connectivity index (χ0) is 15.0. The van der Waals surface area contributed by atoms with Gasteiger partial charge in [-0.1, -0.05) is 0 Å². The molecule has 3 rings (SSSR count). The molecule has 1 aromatic rings. The average molecular weight is 296 g/mol. The summed E-state index contributed by atoms with van der Waals surface area (Å²) in [6, 6.07) is 4.82. The minimum atomic E-state index is -2.42. The molecule has 118 valence electrons. The van der Waals surface area contributed by atoms with Crippen LogP contribution < -0.4 is 0 Å². The number of hydrogen-bond donors (Lipinski definition) is 0. The van der Waals surface area contributed by atoms with E-state index in [0.717, 1.165) is 12.5 Å². The lowest BCUT2D eigenvalue weighted by Crippen LogP contribution is -2.57. The number of halogens is 2. The molecule has 2 heterocycles. The van der Waals surface area contributed by atoms with Gasteiger partial charge in [-0.2, -0.15) is 0 Å². The van der Waals surface area contributed by atoms with Gasteiger partial charge in [-0.05, 0) is 63.5 Å². The van der Waals surface area contributed by atoms with E-state index in [0.29, 0.717) is 12.0 Å². The van der Waals surface area contributed by atoms with Crippen molar-refractivity contribution in [3.05, 3.63) is 24.0 Å². The first kappa shape index (κ1) is 15.0. The molecule has 0 aromatic carbocycles. The van der Waals surface area contributed by atoms with Crippen molar-refractivity contribution in [2.45, 2.75) is 51.5 Å². The van der Waals surface area contributed by atoms with Crippen molar-refractivity contribution < 1.29 is 8.78 Å². The number of aromatic nitrogens is 1. The lowest BCUT2D eigenvalue weighted by molar-refractivity contribution is -0.135. The fourth-order valence-electron chi connectivity index (χ4n) is 4.12. The van der Waals surface area contributed by atoms with Gasteiger partial charge in [0.15, 0.2) is 0 Å². The largest absolute Gasteiger partial charge is 0.349 e.